The van der Waals surface area contributed by atoms with Gasteiger partial charge in [0.05, 0.1) is 0 Å². The van der Waals surface area contributed by atoms with Crippen LogP contribution in [0.3, 0.4) is 0 Å². The number of fused-ring (bicyclic) bond motifs is 6. The molecule has 0 N–H and O–H groups in total. The average molecular weight is 468 g/mol. The van der Waals surface area contributed by atoms with E-state index in [-0.39, 0.29) is 10.8 Å². The SMILES string of the molecule is CC1(C)c2cc(Br)ccc2-c2cc3c(cc21)-c1ccc(Br)cc1C3(C)C. The molecule has 2 aliphatic carbocycles. The largest absolute Gasteiger partial charge is 0.0529 e. The third-order valence-corrected chi connectivity index (χ3v) is 7.38. The van der Waals surface area contributed by atoms with Crippen molar-refractivity contribution in [2.45, 2.75) is 38.5 Å². The second-order valence-electron chi connectivity index (χ2n) is 8.57. The summed E-state index contributed by atoms with van der Waals surface area (Å²) in [5, 5.41) is 0. The number of rotatable bonds is 0. The Bertz CT molecular complexity index is 1010. The van der Waals surface area contributed by atoms with Crippen molar-refractivity contribution in [1.29, 1.82) is 0 Å². The second kappa shape index (κ2) is 5.11. The van der Waals surface area contributed by atoms with E-state index < -0.39 is 0 Å². The number of halogens is 2. The van der Waals surface area contributed by atoms with E-state index in [1.54, 1.807) is 0 Å². The van der Waals surface area contributed by atoms with Gasteiger partial charge in [-0.25, -0.2) is 0 Å². The molecule has 5 rings (SSSR count). The Labute approximate surface area is 171 Å². The van der Waals surface area contributed by atoms with Crippen molar-refractivity contribution in [2.24, 2.45) is 0 Å². The molecule has 130 valence electrons. The van der Waals surface area contributed by atoms with E-state index in [4.69, 9.17) is 0 Å². The standard InChI is InChI=1S/C24H20Br2/c1-23(2)19-9-13(25)5-7-15(19)17-12-22-18(11-21(17)23)16-8-6-14(26)10-20(16)24(22,3)4/h5-12H,1-4H3. The van der Waals surface area contributed by atoms with Crippen molar-refractivity contribution in [3.63, 3.8) is 0 Å². The van der Waals surface area contributed by atoms with Gasteiger partial charge in [-0.3, -0.25) is 0 Å². The Morgan fingerprint density at radius 1 is 0.500 bits per heavy atom. The summed E-state index contributed by atoms with van der Waals surface area (Å²) in [5.74, 6) is 0. The Kier molecular flexibility index (Phi) is 3.30. The highest BCUT2D eigenvalue weighted by molar-refractivity contribution is 9.10. The van der Waals surface area contributed by atoms with Gasteiger partial charge in [0.1, 0.15) is 0 Å². The lowest BCUT2D eigenvalue weighted by Crippen LogP contribution is -2.17. The van der Waals surface area contributed by atoms with Crippen molar-refractivity contribution in [3.05, 3.63) is 79.7 Å². The summed E-state index contributed by atoms with van der Waals surface area (Å²) in [5.41, 5.74) is 11.3. The van der Waals surface area contributed by atoms with Gasteiger partial charge in [0.2, 0.25) is 0 Å². The smallest absolute Gasteiger partial charge is 0.0178 e. The van der Waals surface area contributed by atoms with E-state index in [9.17, 15) is 0 Å². The van der Waals surface area contributed by atoms with Gasteiger partial charge in [0.25, 0.3) is 0 Å². The van der Waals surface area contributed by atoms with Crippen LogP contribution in [0, 0.1) is 0 Å². The molecule has 0 nitrogen and oxygen atoms in total. The van der Waals surface area contributed by atoms with Crippen LogP contribution in [0.15, 0.2) is 57.5 Å². The minimum absolute atomic E-state index is 0.0196. The molecule has 0 amide bonds. The predicted octanol–water partition coefficient (Wildman–Crippen LogP) is 7.82. The molecule has 0 aromatic heterocycles. The van der Waals surface area contributed by atoms with E-state index in [0.717, 1.165) is 8.95 Å². The Morgan fingerprint density at radius 2 is 0.846 bits per heavy atom. The summed E-state index contributed by atoms with van der Waals surface area (Å²) >= 11 is 7.31. The van der Waals surface area contributed by atoms with E-state index in [1.165, 1.54) is 44.5 Å². The van der Waals surface area contributed by atoms with Gasteiger partial charge < -0.3 is 0 Å². The van der Waals surface area contributed by atoms with E-state index >= 15 is 0 Å². The highest BCUT2D eigenvalue weighted by Crippen LogP contribution is 2.56. The fraction of sp³-hybridized carbons (Fsp3) is 0.250. The lowest BCUT2D eigenvalue weighted by molar-refractivity contribution is 0.651. The molecule has 0 fully saturated rings. The molecular formula is C24H20Br2. The maximum absolute atomic E-state index is 3.66. The molecule has 0 saturated carbocycles. The van der Waals surface area contributed by atoms with Crippen molar-refractivity contribution in [2.75, 3.05) is 0 Å². The van der Waals surface area contributed by atoms with E-state index in [2.05, 4.69) is 108 Å². The monoisotopic (exact) mass is 466 g/mol. The van der Waals surface area contributed by atoms with Crippen molar-refractivity contribution < 1.29 is 0 Å². The first kappa shape index (κ1) is 16.8. The van der Waals surface area contributed by atoms with E-state index in [0.29, 0.717) is 0 Å². The first-order valence-corrected chi connectivity index (χ1v) is 10.6. The van der Waals surface area contributed by atoms with Crippen LogP contribution in [0.25, 0.3) is 22.3 Å². The van der Waals surface area contributed by atoms with Crippen LogP contribution in [0.2, 0.25) is 0 Å². The number of hydrogen-bond donors (Lipinski definition) is 0. The molecule has 0 atom stereocenters. The zero-order valence-electron chi connectivity index (χ0n) is 15.4. The number of hydrogen-bond acceptors (Lipinski definition) is 0. The van der Waals surface area contributed by atoms with Gasteiger partial charge >= 0.3 is 0 Å². The Balaban J connectivity index is 1.84. The molecule has 0 spiro atoms. The van der Waals surface area contributed by atoms with Crippen molar-refractivity contribution >= 4 is 31.9 Å². The molecule has 2 heteroatoms. The summed E-state index contributed by atoms with van der Waals surface area (Å²) in [7, 11) is 0. The topological polar surface area (TPSA) is 0 Å². The molecule has 2 aliphatic rings. The molecule has 0 radical (unpaired) electrons. The molecule has 0 heterocycles. The third-order valence-electron chi connectivity index (χ3n) is 6.39. The van der Waals surface area contributed by atoms with Crippen LogP contribution in [0.1, 0.15) is 49.9 Å². The second-order valence-corrected chi connectivity index (χ2v) is 10.4. The normalized spacial score (nSPS) is 17.5. The van der Waals surface area contributed by atoms with Crippen molar-refractivity contribution in [3.8, 4) is 22.3 Å². The maximum Gasteiger partial charge on any atom is 0.0178 e. The van der Waals surface area contributed by atoms with Crippen LogP contribution >= 0.6 is 31.9 Å². The Hall–Kier alpha value is -1.38. The van der Waals surface area contributed by atoms with Crippen LogP contribution in [0.5, 0.6) is 0 Å². The van der Waals surface area contributed by atoms with Gasteiger partial charge in [-0.15, -0.1) is 0 Å². The summed E-state index contributed by atoms with van der Waals surface area (Å²) in [6, 6.07) is 18.4. The van der Waals surface area contributed by atoms with Crippen LogP contribution in [-0.2, 0) is 10.8 Å². The fourth-order valence-corrected chi connectivity index (χ4v) is 5.63. The van der Waals surface area contributed by atoms with Crippen molar-refractivity contribution in [1.82, 2.24) is 0 Å². The number of benzene rings is 3. The summed E-state index contributed by atoms with van der Waals surface area (Å²) in [4.78, 5) is 0. The quantitative estimate of drug-likeness (QED) is 0.316. The van der Waals surface area contributed by atoms with Gasteiger partial charge in [-0.05, 0) is 80.9 Å². The molecule has 26 heavy (non-hydrogen) atoms. The van der Waals surface area contributed by atoms with Gasteiger partial charge in [0.15, 0.2) is 0 Å². The average Bonchev–Trinajstić information content (AvgIpc) is 2.93. The summed E-state index contributed by atoms with van der Waals surface area (Å²) in [6.07, 6.45) is 0. The zero-order chi connectivity index (χ0) is 18.4. The maximum atomic E-state index is 3.66. The minimum atomic E-state index is 0.0196. The fourth-order valence-electron chi connectivity index (χ4n) is 4.91. The molecule has 0 unspecified atom stereocenters. The van der Waals surface area contributed by atoms with Crippen LogP contribution < -0.4 is 0 Å². The van der Waals surface area contributed by atoms with Gasteiger partial charge in [-0.1, -0.05) is 71.7 Å². The predicted molar refractivity (Wildman–Crippen MR) is 117 cm³/mol. The molecule has 3 aromatic rings. The lowest BCUT2D eigenvalue weighted by Gasteiger charge is -2.24. The minimum Gasteiger partial charge on any atom is -0.0529 e. The van der Waals surface area contributed by atoms with Gasteiger partial charge in [0, 0.05) is 19.8 Å². The van der Waals surface area contributed by atoms with Crippen LogP contribution in [0.4, 0.5) is 0 Å². The molecule has 0 bridgehead atoms. The zero-order valence-corrected chi connectivity index (χ0v) is 18.5. The highest BCUT2D eigenvalue weighted by Gasteiger charge is 2.41. The summed E-state index contributed by atoms with van der Waals surface area (Å²) < 4.78 is 2.31. The first-order chi connectivity index (χ1) is 12.2. The highest BCUT2D eigenvalue weighted by atomic mass is 79.9. The summed E-state index contributed by atoms with van der Waals surface area (Å²) in [6.45, 7) is 9.39. The van der Waals surface area contributed by atoms with E-state index in [1.807, 2.05) is 0 Å². The van der Waals surface area contributed by atoms with Crippen LogP contribution in [-0.4, -0.2) is 0 Å². The molecule has 3 aromatic carbocycles. The molecular weight excluding hydrogens is 448 g/mol. The van der Waals surface area contributed by atoms with Gasteiger partial charge in [-0.2, -0.15) is 0 Å². The third kappa shape index (κ3) is 2.00. The Morgan fingerprint density at radius 3 is 1.23 bits per heavy atom. The lowest BCUT2D eigenvalue weighted by atomic mass is 9.79. The molecule has 0 saturated heterocycles. The first-order valence-electron chi connectivity index (χ1n) is 9.01. The molecule has 0 aliphatic heterocycles.